The maximum Gasteiger partial charge on any atom is 0.414 e. The number of benzene rings is 2. The number of nitrogens with two attached hydrogens (primary N) is 1. The number of cyclic esters (lactones) is 1. The average molecular weight is 449 g/mol. The minimum atomic E-state index is -4.00. The molecule has 2 aromatic carbocycles. The SMILES string of the molecule is NC[C@H]1CN(c2ccc(N3CCOCC3=O)cc2)C(=O)O1.O=S(=O)(O)c1ccccc1. The largest absolute Gasteiger partial charge is 0.443 e. The molecule has 10 nitrogen and oxygen atoms in total. The topological polar surface area (TPSA) is 139 Å². The van der Waals surface area contributed by atoms with Gasteiger partial charge in [-0.2, -0.15) is 8.42 Å². The van der Waals surface area contributed by atoms with Gasteiger partial charge in [0.05, 0.1) is 18.0 Å². The summed E-state index contributed by atoms with van der Waals surface area (Å²) < 4.78 is 39.5. The van der Waals surface area contributed by atoms with Crippen LogP contribution in [0.3, 0.4) is 0 Å². The molecule has 2 aromatic rings. The summed E-state index contributed by atoms with van der Waals surface area (Å²) >= 11 is 0. The minimum Gasteiger partial charge on any atom is -0.443 e. The molecule has 31 heavy (non-hydrogen) atoms. The molecule has 2 fully saturated rings. The van der Waals surface area contributed by atoms with Crippen molar-refractivity contribution in [3.05, 3.63) is 54.6 Å². The highest BCUT2D eigenvalue weighted by molar-refractivity contribution is 7.85. The molecule has 0 saturated carbocycles. The summed E-state index contributed by atoms with van der Waals surface area (Å²) in [7, 11) is -4.00. The molecule has 2 heterocycles. The van der Waals surface area contributed by atoms with Gasteiger partial charge in [0.1, 0.15) is 12.7 Å². The minimum absolute atomic E-state index is 0.0576. The molecule has 0 bridgehead atoms. The zero-order valence-corrected chi connectivity index (χ0v) is 17.4. The van der Waals surface area contributed by atoms with Crippen LogP contribution in [0, 0.1) is 0 Å². The molecule has 2 aliphatic rings. The van der Waals surface area contributed by atoms with Crippen molar-refractivity contribution in [2.75, 3.05) is 42.6 Å². The van der Waals surface area contributed by atoms with Crippen molar-refractivity contribution < 1.29 is 32.0 Å². The Kier molecular flexibility index (Phi) is 7.23. The van der Waals surface area contributed by atoms with Crippen LogP contribution in [-0.2, 0) is 24.4 Å². The smallest absolute Gasteiger partial charge is 0.414 e. The number of hydrogen-bond acceptors (Lipinski definition) is 7. The Hall–Kier alpha value is -2.99. The van der Waals surface area contributed by atoms with Crippen molar-refractivity contribution in [2.24, 2.45) is 5.73 Å². The molecule has 0 spiro atoms. The lowest BCUT2D eigenvalue weighted by Crippen LogP contribution is -2.41. The summed E-state index contributed by atoms with van der Waals surface area (Å²) in [6.45, 7) is 1.94. The molecule has 1 atom stereocenters. The van der Waals surface area contributed by atoms with Crippen LogP contribution in [0.5, 0.6) is 0 Å². The highest BCUT2D eigenvalue weighted by Gasteiger charge is 2.31. The van der Waals surface area contributed by atoms with Crippen LogP contribution in [0.4, 0.5) is 16.2 Å². The Balaban J connectivity index is 0.000000229. The number of carbonyl (C=O) groups excluding carboxylic acids is 2. The third-order valence-electron chi connectivity index (χ3n) is 4.64. The molecule has 0 aliphatic carbocycles. The van der Waals surface area contributed by atoms with Crippen LogP contribution in [-0.4, -0.2) is 63.9 Å². The second-order valence-electron chi connectivity index (χ2n) is 6.75. The zero-order chi connectivity index (χ0) is 22.4. The second-order valence-corrected chi connectivity index (χ2v) is 8.18. The van der Waals surface area contributed by atoms with Gasteiger partial charge < -0.3 is 20.1 Å². The van der Waals surface area contributed by atoms with Gasteiger partial charge in [0.2, 0.25) is 0 Å². The van der Waals surface area contributed by atoms with Crippen molar-refractivity contribution >= 4 is 33.5 Å². The molecular formula is C20H23N3O7S. The van der Waals surface area contributed by atoms with Crippen LogP contribution in [0.25, 0.3) is 0 Å². The van der Waals surface area contributed by atoms with Gasteiger partial charge in [-0.3, -0.25) is 14.2 Å². The van der Waals surface area contributed by atoms with E-state index in [1.165, 1.54) is 12.1 Å². The number of nitrogens with zero attached hydrogens (tertiary/aromatic N) is 2. The summed E-state index contributed by atoms with van der Waals surface area (Å²) in [6, 6.07) is 14.7. The molecule has 0 aromatic heterocycles. The van der Waals surface area contributed by atoms with Gasteiger partial charge in [-0.25, -0.2) is 4.79 Å². The Morgan fingerprint density at radius 1 is 1.00 bits per heavy atom. The predicted octanol–water partition coefficient (Wildman–Crippen LogP) is 1.27. The Morgan fingerprint density at radius 3 is 2.10 bits per heavy atom. The number of rotatable bonds is 4. The molecule has 2 amide bonds. The number of hydrogen-bond donors (Lipinski definition) is 2. The maximum absolute atomic E-state index is 11.8. The lowest BCUT2D eigenvalue weighted by Gasteiger charge is -2.27. The number of carbonyl (C=O) groups is 2. The average Bonchev–Trinajstić information content (AvgIpc) is 3.15. The van der Waals surface area contributed by atoms with E-state index in [-0.39, 0.29) is 29.6 Å². The molecule has 4 rings (SSSR count). The Bertz CT molecular complexity index is 1010. The van der Waals surface area contributed by atoms with E-state index in [1.807, 2.05) is 12.1 Å². The van der Waals surface area contributed by atoms with E-state index in [4.69, 9.17) is 19.8 Å². The quantitative estimate of drug-likeness (QED) is 0.665. The van der Waals surface area contributed by atoms with Crippen LogP contribution in [0.2, 0.25) is 0 Å². The van der Waals surface area contributed by atoms with E-state index in [2.05, 4.69) is 0 Å². The normalized spacial score (nSPS) is 19.0. The number of amides is 2. The first-order valence-electron chi connectivity index (χ1n) is 9.48. The Morgan fingerprint density at radius 2 is 1.61 bits per heavy atom. The van der Waals surface area contributed by atoms with Crippen LogP contribution >= 0.6 is 0 Å². The van der Waals surface area contributed by atoms with Gasteiger partial charge in [0, 0.05) is 24.5 Å². The molecule has 2 aliphatic heterocycles. The van der Waals surface area contributed by atoms with Gasteiger partial charge in [0.25, 0.3) is 16.0 Å². The molecule has 2 saturated heterocycles. The molecule has 0 unspecified atom stereocenters. The Labute approximate surface area is 179 Å². The van der Waals surface area contributed by atoms with E-state index < -0.39 is 10.1 Å². The highest BCUT2D eigenvalue weighted by atomic mass is 32.2. The fourth-order valence-corrected chi connectivity index (χ4v) is 3.55. The predicted molar refractivity (Wildman–Crippen MR) is 113 cm³/mol. The van der Waals surface area contributed by atoms with Crippen molar-refractivity contribution in [2.45, 2.75) is 11.0 Å². The van der Waals surface area contributed by atoms with Crippen molar-refractivity contribution in [3.63, 3.8) is 0 Å². The zero-order valence-electron chi connectivity index (χ0n) is 16.6. The number of ether oxygens (including phenoxy) is 2. The van der Waals surface area contributed by atoms with E-state index >= 15 is 0 Å². The summed E-state index contributed by atoms with van der Waals surface area (Å²) in [4.78, 5) is 26.7. The fourth-order valence-electron chi connectivity index (χ4n) is 3.05. The summed E-state index contributed by atoms with van der Waals surface area (Å²) in [5.41, 5.74) is 7.05. The third kappa shape index (κ3) is 5.79. The first-order chi connectivity index (χ1) is 14.8. The summed E-state index contributed by atoms with van der Waals surface area (Å²) in [5, 5.41) is 0. The molecule has 11 heteroatoms. The van der Waals surface area contributed by atoms with Gasteiger partial charge in [0.15, 0.2) is 0 Å². The van der Waals surface area contributed by atoms with E-state index in [0.717, 1.165) is 11.4 Å². The maximum atomic E-state index is 11.8. The summed E-state index contributed by atoms with van der Waals surface area (Å²) in [5.74, 6) is -0.0576. The molecule has 3 N–H and O–H groups in total. The second kappa shape index (κ2) is 9.88. The van der Waals surface area contributed by atoms with Gasteiger partial charge >= 0.3 is 6.09 Å². The summed E-state index contributed by atoms with van der Waals surface area (Å²) in [6.07, 6.45) is -0.654. The number of morpholine rings is 1. The van der Waals surface area contributed by atoms with Crippen molar-refractivity contribution in [3.8, 4) is 0 Å². The van der Waals surface area contributed by atoms with E-state index in [1.54, 1.807) is 40.1 Å². The van der Waals surface area contributed by atoms with Crippen molar-refractivity contribution in [1.29, 1.82) is 0 Å². The number of anilines is 2. The van der Waals surface area contributed by atoms with Gasteiger partial charge in [-0.1, -0.05) is 18.2 Å². The van der Waals surface area contributed by atoms with Gasteiger partial charge in [-0.15, -0.1) is 0 Å². The fraction of sp³-hybridized carbons (Fsp3) is 0.300. The monoisotopic (exact) mass is 449 g/mol. The molecular weight excluding hydrogens is 426 g/mol. The standard InChI is InChI=1S/C14H17N3O4.C6H6O3S/c15-7-12-8-17(14(19)21-12)11-3-1-10(2-4-11)16-5-6-20-9-13(16)18;7-10(8,9)6-4-2-1-3-5-6/h1-4,12H,5-9,15H2;1-5H,(H,7,8,9)/t12-;/m0./s1. The van der Waals surface area contributed by atoms with Crippen LogP contribution < -0.4 is 15.5 Å². The molecule has 166 valence electrons. The van der Waals surface area contributed by atoms with E-state index in [0.29, 0.717) is 26.2 Å². The highest BCUT2D eigenvalue weighted by Crippen LogP contribution is 2.25. The lowest BCUT2D eigenvalue weighted by molar-refractivity contribution is -0.125. The van der Waals surface area contributed by atoms with E-state index in [9.17, 15) is 18.0 Å². The first kappa shape index (κ1) is 22.7. The van der Waals surface area contributed by atoms with Crippen molar-refractivity contribution in [1.82, 2.24) is 0 Å². The first-order valence-corrected chi connectivity index (χ1v) is 10.9. The van der Waals surface area contributed by atoms with Crippen LogP contribution in [0.1, 0.15) is 0 Å². The third-order valence-corrected chi connectivity index (χ3v) is 5.50. The lowest BCUT2D eigenvalue weighted by atomic mass is 10.2. The van der Waals surface area contributed by atoms with Gasteiger partial charge in [-0.05, 0) is 36.4 Å². The molecule has 0 radical (unpaired) electrons. The van der Waals surface area contributed by atoms with Crippen LogP contribution in [0.15, 0.2) is 59.5 Å².